The standard InChI is InChI=1S/C13H21N7O/c1-4-6-14-11-16-12(20-8-5-7-15-20)18-13(17-11)21-10-9-19(2)3/h5,7-8H,4,6,9-10H2,1-3H3,(H,14,16,17,18). The maximum absolute atomic E-state index is 5.59. The lowest BCUT2D eigenvalue weighted by Crippen LogP contribution is -2.20. The van der Waals surface area contributed by atoms with Gasteiger partial charge in [-0.3, -0.25) is 0 Å². The van der Waals surface area contributed by atoms with Crippen LogP contribution in [-0.2, 0) is 0 Å². The number of likely N-dealkylation sites (N-methyl/N-ethyl adjacent to an activating group) is 1. The van der Waals surface area contributed by atoms with Crippen LogP contribution in [0.2, 0.25) is 0 Å². The largest absolute Gasteiger partial charge is 0.462 e. The molecule has 2 heterocycles. The fraction of sp³-hybridized carbons (Fsp3) is 0.538. The lowest BCUT2D eigenvalue weighted by Gasteiger charge is -2.11. The van der Waals surface area contributed by atoms with Gasteiger partial charge in [0.05, 0.1) is 0 Å². The zero-order chi connectivity index (χ0) is 15.1. The lowest BCUT2D eigenvalue weighted by molar-refractivity contribution is 0.245. The molecule has 8 nitrogen and oxygen atoms in total. The molecule has 0 aliphatic rings. The van der Waals surface area contributed by atoms with Gasteiger partial charge in [0.1, 0.15) is 6.61 Å². The summed E-state index contributed by atoms with van der Waals surface area (Å²) in [4.78, 5) is 14.9. The molecule has 0 radical (unpaired) electrons. The highest BCUT2D eigenvalue weighted by atomic mass is 16.5. The fourth-order valence-electron chi connectivity index (χ4n) is 1.54. The Bertz CT molecular complexity index is 541. The molecule has 1 N–H and O–H groups in total. The van der Waals surface area contributed by atoms with Crippen LogP contribution in [0.1, 0.15) is 13.3 Å². The first kappa shape index (κ1) is 15.2. The van der Waals surface area contributed by atoms with E-state index in [0.717, 1.165) is 19.5 Å². The Balaban J connectivity index is 2.16. The molecule has 0 saturated heterocycles. The van der Waals surface area contributed by atoms with Crippen molar-refractivity contribution >= 4 is 5.95 Å². The van der Waals surface area contributed by atoms with Crippen molar-refractivity contribution in [3.63, 3.8) is 0 Å². The second-order valence-corrected chi connectivity index (χ2v) is 4.77. The molecule has 114 valence electrons. The van der Waals surface area contributed by atoms with E-state index in [2.05, 4.69) is 32.3 Å². The van der Waals surface area contributed by atoms with Gasteiger partial charge >= 0.3 is 6.01 Å². The van der Waals surface area contributed by atoms with Crippen LogP contribution in [0, 0.1) is 0 Å². The molecule has 2 rings (SSSR count). The first-order valence-electron chi connectivity index (χ1n) is 6.96. The van der Waals surface area contributed by atoms with Crippen molar-refractivity contribution in [1.82, 2.24) is 29.6 Å². The predicted molar refractivity (Wildman–Crippen MR) is 79.8 cm³/mol. The van der Waals surface area contributed by atoms with Gasteiger partial charge < -0.3 is 15.0 Å². The Hall–Kier alpha value is -2.22. The van der Waals surface area contributed by atoms with Gasteiger partial charge in [-0.1, -0.05) is 6.92 Å². The average molecular weight is 291 g/mol. The van der Waals surface area contributed by atoms with Crippen LogP contribution in [0.5, 0.6) is 6.01 Å². The third kappa shape index (κ3) is 4.67. The van der Waals surface area contributed by atoms with Crippen LogP contribution < -0.4 is 10.1 Å². The maximum Gasteiger partial charge on any atom is 0.323 e. The van der Waals surface area contributed by atoms with E-state index in [4.69, 9.17) is 4.74 Å². The number of nitrogens with zero attached hydrogens (tertiary/aromatic N) is 6. The topological polar surface area (TPSA) is 81.0 Å². The molecule has 0 aromatic carbocycles. The van der Waals surface area contributed by atoms with E-state index >= 15 is 0 Å². The molecular weight excluding hydrogens is 270 g/mol. The van der Waals surface area contributed by atoms with E-state index in [-0.39, 0.29) is 0 Å². The highest BCUT2D eigenvalue weighted by Gasteiger charge is 2.09. The van der Waals surface area contributed by atoms with Crippen LogP contribution in [0.25, 0.3) is 5.95 Å². The molecule has 0 amide bonds. The summed E-state index contributed by atoms with van der Waals surface area (Å²) in [5, 5.41) is 7.27. The molecule has 0 spiro atoms. The number of rotatable bonds is 8. The lowest BCUT2D eigenvalue weighted by atomic mass is 10.5. The first-order valence-corrected chi connectivity index (χ1v) is 6.96. The summed E-state index contributed by atoms with van der Waals surface area (Å²) in [6, 6.07) is 2.12. The molecule has 2 aromatic rings. The number of anilines is 1. The number of ether oxygens (including phenoxy) is 1. The van der Waals surface area contributed by atoms with E-state index < -0.39 is 0 Å². The van der Waals surface area contributed by atoms with Gasteiger partial charge in [0.15, 0.2) is 0 Å². The quantitative estimate of drug-likeness (QED) is 0.771. The Labute approximate surface area is 124 Å². The van der Waals surface area contributed by atoms with Gasteiger partial charge in [-0.05, 0) is 26.6 Å². The van der Waals surface area contributed by atoms with Crippen molar-refractivity contribution in [3.05, 3.63) is 18.5 Å². The normalized spacial score (nSPS) is 10.9. The van der Waals surface area contributed by atoms with Crippen molar-refractivity contribution in [2.75, 3.05) is 39.1 Å². The van der Waals surface area contributed by atoms with Crippen LogP contribution >= 0.6 is 0 Å². The molecular formula is C13H21N7O. The van der Waals surface area contributed by atoms with Crippen molar-refractivity contribution in [3.8, 4) is 12.0 Å². The van der Waals surface area contributed by atoms with E-state index in [1.807, 2.05) is 25.1 Å². The summed E-state index contributed by atoms with van der Waals surface area (Å²) in [7, 11) is 3.97. The van der Waals surface area contributed by atoms with Crippen LogP contribution in [0.3, 0.4) is 0 Å². The van der Waals surface area contributed by atoms with Gasteiger partial charge in [-0.15, -0.1) is 0 Å². The number of aromatic nitrogens is 5. The third-order valence-corrected chi connectivity index (χ3v) is 2.62. The van der Waals surface area contributed by atoms with Crippen LogP contribution in [-0.4, -0.2) is 63.4 Å². The number of nitrogens with one attached hydrogen (secondary N) is 1. The van der Waals surface area contributed by atoms with E-state index in [1.165, 1.54) is 0 Å². The van der Waals surface area contributed by atoms with E-state index in [9.17, 15) is 0 Å². The summed E-state index contributed by atoms with van der Waals surface area (Å²) in [6.07, 6.45) is 4.44. The summed E-state index contributed by atoms with van der Waals surface area (Å²) in [5.41, 5.74) is 0. The second-order valence-electron chi connectivity index (χ2n) is 4.77. The van der Waals surface area contributed by atoms with Gasteiger partial charge in [-0.2, -0.15) is 20.1 Å². The van der Waals surface area contributed by atoms with Crippen LogP contribution in [0.15, 0.2) is 18.5 Å². The minimum atomic E-state index is 0.302. The SMILES string of the molecule is CCCNc1nc(OCCN(C)C)nc(-n2cccn2)n1. The molecule has 0 aliphatic carbocycles. The van der Waals surface area contributed by atoms with E-state index in [1.54, 1.807) is 17.1 Å². The summed E-state index contributed by atoms with van der Waals surface area (Å²) >= 11 is 0. The molecule has 0 bridgehead atoms. The van der Waals surface area contributed by atoms with Crippen molar-refractivity contribution in [2.45, 2.75) is 13.3 Å². The number of hydrogen-bond acceptors (Lipinski definition) is 7. The zero-order valence-corrected chi connectivity index (χ0v) is 12.7. The first-order chi connectivity index (χ1) is 10.2. The number of hydrogen-bond donors (Lipinski definition) is 1. The van der Waals surface area contributed by atoms with Crippen molar-refractivity contribution in [2.24, 2.45) is 0 Å². The van der Waals surface area contributed by atoms with Gasteiger partial charge in [0.25, 0.3) is 5.95 Å². The van der Waals surface area contributed by atoms with Crippen molar-refractivity contribution < 1.29 is 4.74 Å². The van der Waals surface area contributed by atoms with Gasteiger partial charge in [-0.25, -0.2) is 4.68 Å². The highest BCUT2D eigenvalue weighted by Crippen LogP contribution is 2.10. The molecule has 0 saturated carbocycles. The summed E-state index contributed by atoms with van der Waals surface area (Å²) < 4.78 is 7.17. The minimum absolute atomic E-state index is 0.302. The summed E-state index contributed by atoms with van der Waals surface area (Å²) in [5.74, 6) is 0.936. The van der Waals surface area contributed by atoms with E-state index in [0.29, 0.717) is 24.5 Å². The highest BCUT2D eigenvalue weighted by molar-refractivity contribution is 5.29. The molecule has 0 unspecified atom stereocenters. The predicted octanol–water partition coefficient (Wildman–Crippen LogP) is 0.820. The molecule has 21 heavy (non-hydrogen) atoms. The van der Waals surface area contributed by atoms with Gasteiger partial charge in [0.2, 0.25) is 5.95 Å². The van der Waals surface area contributed by atoms with Crippen molar-refractivity contribution in [1.29, 1.82) is 0 Å². The van der Waals surface area contributed by atoms with Crippen LogP contribution in [0.4, 0.5) is 5.95 Å². The zero-order valence-electron chi connectivity index (χ0n) is 12.7. The summed E-state index contributed by atoms with van der Waals surface area (Å²) in [6.45, 7) is 4.18. The maximum atomic E-state index is 5.59. The Kier molecular flexibility index (Phi) is 5.44. The fourth-order valence-corrected chi connectivity index (χ4v) is 1.54. The molecule has 0 atom stereocenters. The Morgan fingerprint density at radius 2 is 2.14 bits per heavy atom. The Morgan fingerprint density at radius 3 is 2.81 bits per heavy atom. The molecule has 2 aromatic heterocycles. The molecule has 0 fully saturated rings. The van der Waals surface area contributed by atoms with Gasteiger partial charge in [0, 0.05) is 25.5 Å². The monoisotopic (exact) mass is 291 g/mol. The molecule has 0 aliphatic heterocycles. The Morgan fingerprint density at radius 1 is 1.29 bits per heavy atom. The second kappa shape index (κ2) is 7.53. The smallest absolute Gasteiger partial charge is 0.323 e. The minimum Gasteiger partial charge on any atom is -0.462 e. The average Bonchev–Trinajstić information content (AvgIpc) is 2.99. The molecule has 8 heteroatoms. The third-order valence-electron chi connectivity index (χ3n) is 2.62.